The van der Waals surface area contributed by atoms with Gasteiger partial charge in [0.2, 0.25) is 0 Å². The Labute approximate surface area is 219 Å². The number of halogens is 2. The van der Waals surface area contributed by atoms with Gasteiger partial charge in [0.1, 0.15) is 12.0 Å². The Morgan fingerprint density at radius 1 is 1.11 bits per heavy atom. The zero-order chi connectivity index (χ0) is 25.4. The van der Waals surface area contributed by atoms with Crippen LogP contribution in [0.15, 0.2) is 42.6 Å². The average molecular weight is 523 g/mol. The number of carbonyl (C=O) groups excluding carboxylic acids is 1. The Balaban J connectivity index is 1.12. The van der Waals surface area contributed by atoms with Gasteiger partial charge in [0.15, 0.2) is 10.7 Å². The number of fused-ring (bicyclic) bond motifs is 3. The van der Waals surface area contributed by atoms with Gasteiger partial charge in [-0.05, 0) is 87.5 Å². The van der Waals surface area contributed by atoms with Crippen LogP contribution in [0, 0.1) is 5.82 Å². The second-order valence-corrected chi connectivity index (χ2v) is 11.4. The molecule has 2 aromatic carbocycles. The predicted octanol–water partition coefficient (Wildman–Crippen LogP) is 6.57. The molecule has 8 heteroatoms. The van der Waals surface area contributed by atoms with Crippen LogP contribution in [0.4, 0.5) is 8.78 Å². The normalized spacial score (nSPS) is 19.4. The number of nitrogens with zero attached hydrogens (tertiary/aromatic N) is 3. The molecule has 37 heavy (non-hydrogen) atoms. The molecule has 1 N–H and O–H groups in total. The third-order valence-electron chi connectivity index (χ3n) is 7.79. The number of thiazole rings is 1. The molecule has 194 valence electrons. The lowest BCUT2D eigenvalue weighted by Gasteiger charge is -2.28. The molecule has 0 amide bonds. The molecule has 4 heterocycles. The molecule has 2 saturated heterocycles. The summed E-state index contributed by atoms with van der Waals surface area (Å²) in [6, 6.07) is 11.5. The number of Topliss-reactive ketones (excluding diaryl/α,β-unsaturated/α-hetero) is 1. The molecule has 0 spiro atoms. The van der Waals surface area contributed by atoms with Crippen molar-refractivity contribution < 1.29 is 13.6 Å². The monoisotopic (exact) mass is 522 g/mol. The summed E-state index contributed by atoms with van der Waals surface area (Å²) >= 11 is 1.52. The molecule has 0 saturated carbocycles. The largest absolute Gasteiger partial charge is 0.310 e. The fourth-order valence-electron chi connectivity index (χ4n) is 5.62. The van der Waals surface area contributed by atoms with E-state index >= 15 is 0 Å². The van der Waals surface area contributed by atoms with E-state index in [9.17, 15) is 13.6 Å². The van der Waals surface area contributed by atoms with Crippen LogP contribution in [0.2, 0.25) is 0 Å². The van der Waals surface area contributed by atoms with Crippen LogP contribution < -0.4 is 5.32 Å². The van der Waals surface area contributed by atoms with Gasteiger partial charge < -0.3 is 10.2 Å². The summed E-state index contributed by atoms with van der Waals surface area (Å²) in [5, 5.41) is 3.42. The lowest BCUT2D eigenvalue weighted by atomic mass is 10.0. The predicted molar refractivity (Wildman–Crippen MR) is 145 cm³/mol. The summed E-state index contributed by atoms with van der Waals surface area (Å²) in [6.45, 7) is 3.56. The van der Waals surface area contributed by atoms with Gasteiger partial charge >= 0.3 is 0 Å². The van der Waals surface area contributed by atoms with Crippen molar-refractivity contribution in [2.75, 3.05) is 26.2 Å². The number of unbranched alkanes of at least 4 members (excludes halogenated alkanes) is 1. The molecule has 0 unspecified atom stereocenters. The zero-order valence-corrected chi connectivity index (χ0v) is 21.7. The fourth-order valence-corrected chi connectivity index (χ4v) is 6.67. The molecule has 5 nitrogen and oxygen atoms in total. The van der Waals surface area contributed by atoms with E-state index in [-0.39, 0.29) is 17.6 Å². The molecule has 0 bridgehead atoms. The molecule has 4 aromatic rings. The minimum atomic E-state index is -0.647. The van der Waals surface area contributed by atoms with Crippen LogP contribution in [0.5, 0.6) is 0 Å². The van der Waals surface area contributed by atoms with Gasteiger partial charge in [0, 0.05) is 42.9 Å². The number of benzene rings is 2. The molecule has 2 aliphatic rings. The Kier molecular flexibility index (Phi) is 7.06. The van der Waals surface area contributed by atoms with Gasteiger partial charge in [-0.15, -0.1) is 0 Å². The Hall–Kier alpha value is -2.68. The van der Waals surface area contributed by atoms with E-state index in [2.05, 4.69) is 10.2 Å². The maximum Gasteiger partial charge on any atom is 0.195 e. The molecular formula is C29H32F2N4OS. The van der Waals surface area contributed by atoms with Gasteiger partial charge in [0.05, 0.1) is 15.9 Å². The van der Waals surface area contributed by atoms with Gasteiger partial charge in [-0.25, -0.2) is 13.8 Å². The number of rotatable bonds is 8. The Bertz CT molecular complexity index is 1420. The standard InChI is InChI=1S/C29H32F2N4OS/c30-21-10-14-34(15-11-21)13-2-1-5-27(36)20-7-9-26-28(17-20)37-29-33-25(18-35(26)29)22-8-6-19(16-23(22)31)24-4-3-12-32-24/h6-9,16-18,21,24,32H,1-5,10-15H2/t24-/m0/s1. The summed E-state index contributed by atoms with van der Waals surface area (Å²) < 4.78 is 31.3. The first-order valence-electron chi connectivity index (χ1n) is 13.4. The number of nitrogens with one attached hydrogen (secondary N) is 1. The molecule has 0 radical (unpaired) electrons. The third-order valence-corrected chi connectivity index (χ3v) is 8.81. The highest BCUT2D eigenvalue weighted by Crippen LogP contribution is 2.33. The first-order chi connectivity index (χ1) is 18.0. The van der Waals surface area contributed by atoms with E-state index in [4.69, 9.17) is 4.98 Å². The van der Waals surface area contributed by atoms with Gasteiger partial charge in [0.25, 0.3) is 0 Å². The number of imidazole rings is 1. The minimum absolute atomic E-state index is 0.148. The van der Waals surface area contributed by atoms with Crippen molar-refractivity contribution in [3.05, 3.63) is 59.5 Å². The number of ketones is 1. The van der Waals surface area contributed by atoms with E-state index < -0.39 is 6.17 Å². The third kappa shape index (κ3) is 5.19. The maximum absolute atomic E-state index is 15.0. The number of likely N-dealkylation sites (tertiary alicyclic amines) is 1. The van der Waals surface area contributed by atoms with Crippen molar-refractivity contribution in [1.82, 2.24) is 19.6 Å². The highest BCUT2D eigenvalue weighted by Gasteiger charge is 2.20. The van der Waals surface area contributed by atoms with E-state index in [1.54, 1.807) is 6.07 Å². The van der Waals surface area contributed by atoms with Gasteiger partial charge in [-0.3, -0.25) is 9.20 Å². The molecular weight excluding hydrogens is 490 g/mol. The van der Waals surface area contributed by atoms with Gasteiger partial charge in [-0.1, -0.05) is 17.4 Å². The van der Waals surface area contributed by atoms with Crippen LogP contribution in [0.25, 0.3) is 26.4 Å². The second kappa shape index (κ2) is 10.6. The van der Waals surface area contributed by atoms with Crippen LogP contribution >= 0.6 is 11.3 Å². The van der Waals surface area contributed by atoms with E-state index in [0.29, 0.717) is 30.5 Å². The second-order valence-electron chi connectivity index (χ2n) is 10.3. The molecule has 2 aromatic heterocycles. The number of carbonyl (C=O) groups is 1. The maximum atomic E-state index is 15.0. The van der Waals surface area contributed by atoms with E-state index in [1.165, 1.54) is 11.3 Å². The molecule has 2 fully saturated rings. The average Bonchev–Trinajstić information content (AvgIpc) is 3.64. The van der Waals surface area contributed by atoms with Crippen molar-refractivity contribution in [2.45, 2.75) is 57.2 Å². The summed E-state index contributed by atoms with van der Waals surface area (Å²) in [5.41, 5.74) is 3.80. The van der Waals surface area contributed by atoms with E-state index in [1.807, 2.05) is 40.9 Å². The first-order valence-corrected chi connectivity index (χ1v) is 14.2. The van der Waals surface area contributed by atoms with Crippen LogP contribution in [-0.2, 0) is 0 Å². The Morgan fingerprint density at radius 2 is 1.97 bits per heavy atom. The van der Waals surface area contributed by atoms with Crippen molar-refractivity contribution >= 4 is 32.3 Å². The summed E-state index contributed by atoms with van der Waals surface area (Å²) in [6.07, 6.45) is 6.96. The number of aromatic nitrogens is 2. The zero-order valence-electron chi connectivity index (χ0n) is 20.9. The number of hydrogen-bond acceptors (Lipinski definition) is 5. The Morgan fingerprint density at radius 3 is 2.76 bits per heavy atom. The summed E-state index contributed by atoms with van der Waals surface area (Å²) in [7, 11) is 0. The first kappa shape index (κ1) is 24.6. The molecule has 1 atom stereocenters. The molecule has 0 aliphatic carbocycles. The van der Waals surface area contributed by atoms with Crippen molar-refractivity contribution in [2.24, 2.45) is 0 Å². The topological polar surface area (TPSA) is 49.6 Å². The van der Waals surface area contributed by atoms with Crippen LogP contribution in [0.1, 0.15) is 66.9 Å². The van der Waals surface area contributed by atoms with Gasteiger partial charge in [-0.2, -0.15) is 0 Å². The molecule has 6 rings (SSSR count). The lowest BCUT2D eigenvalue weighted by Crippen LogP contribution is -2.35. The quantitative estimate of drug-likeness (QED) is 0.210. The number of hydrogen-bond donors (Lipinski definition) is 1. The van der Waals surface area contributed by atoms with E-state index in [0.717, 1.165) is 78.2 Å². The van der Waals surface area contributed by atoms with Crippen LogP contribution in [0.3, 0.4) is 0 Å². The van der Waals surface area contributed by atoms with Crippen LogP contribution in [-0.4, -0.2) is 52.4 Å². The molecule has 2 aliphatic heterocycles. The van der Waals surface area contributed by atoms with Crippen molar-refractivity contribution in [3.63, 3.8) is 0 Å². The highest BCUT2D eigenvalue weighted by atomic mass is 32.1. The summed E-state index contributed by atoms with van der Waals surface area (Å²) in [5.74, 6) is -0.101. The summed E-state index contributed by atoms with van der Waals surface area (Å²) in [4.78, 5) is 20.6. The highest BCUT2D eigenvalue weighted by molar-refractivity contribution is 7.23. The smallest absolute Gasteiger partial charge is 0.195 e. The fraction of sp³-hybridized carbons (Fsp3) is 0.448. The van der Waals surface area contributed by atoms with Crippen molar-refractivity contribution in [3.8, 4) is 11.3 Å². The SMILES string of the molecule is O=C(CCCCN1CCC(F)CC1)c1ccc2c(c1)sc1nc(-c3ccc([C@@H]4CCCN4)cc3F)cn12. The minimum Gasteiger partial charge on any atom is -0.310 e. The van der Waals surface area contributed by atoms with Crippen molar-refractivity contribution in [1.29, 1.82) is 0 Å². The number of piperidine rings is 1. The number of alkyl halides is 1. The lowest BCUT2D eigenvalue weighted by molar-refractivity contribution is 0.0976.